The molecule has 1 heterocycles. The number of non-ortho nitro benzene ring substituents is 1. The van der Waals surface area contributed by atoms with E-state index in [9.17, 15) is 10.1 Å². The second-order valence-corrected chi connectivity index (χ2v) is 4.53. The van der Waals surface area contributed by atoms with Crippen molar-refractivity contribution in [1.82, 2.24) is 9.97 Å². The van der Waals surface area contributed by atoms with Gasteiger partial charge in [-0.15, -0.1) is 0 Å². The van der Waals surface area contributed by atoms with E-state index >= 15 is 0 Å². The number of hydrogen-bond acceptors (Lipinski definition) is 6. The molecule has 0 radical (unpaired) electrons. The van der Waals surface area contributed by atoms with Crippen molar-refractivity contribution in [3.05, 3.63) is 50.4 Å². The summed E-state index contributed by atoms with van der Waals surface area (Å²) in [6.45, 7) is 0.0601. The van der Waals surface area contributed by atoms with Crippen LogP contribution in [0.1, 0.15) is 5.69 Å². The molecule has 0 unspecified atom stereocenters. The summed E-state index contributed by atoms with van der Waals surface area (Å²) in [5.74, 6) is 0.442. The minimum atomic E-state index is -0.590. The van der Waals surface area contributed by atoms with Crippen LogP contribution in [0, 0.1) is 10.1 Å². The maximum absolute atomic E-state index is 10.6. The molecule has 0 atom stereocenters. The predicted molar refractivity (Wildman–Crippen MR) is 73.9 cm³/mol. The third-order valence-corrected chi connectivity index (χ3v) is 2.85. The van der Waals surface area contributed by atoms with Crippen LogP contribution in [0.5, 0.6) is 5.75 Å². The highest BCUT2D eigenvalue weighted by atomic mass is 35.5. The van der Waals surface area contributed by atoms with E-state index < -0.39 is 4.92 Å². The summed E-state index contributed by atoms with van der Waals surface area (Å²) in [5.41, 5.74) is 5.72. The average Bonchev–Trinajstić information content (AvgIpc) is 2.39. The second-order valence-electron chi connectivity index (χ2n) is 3.72. The van der Waals surface area contributed by atoms with E-state index in [4.69, 9.17) is 33.7 Å². The molecule has 104 valence electrons. The number of ether oxygens (including phenoxy) is 1. The van der Waals surface area contributed by atoms with Gasteiger partial charge in [0.25, 0.3) is 5.69 Å². The zero-order chi connectivity index (χ0) is 14.7. The molecule has 7 nitrogen and oxygen atoms in total. The van der Waals surface area contributed by atoms with E-state index in [1.165, 1.54) is 12.4 Å². The second kappa shape index (κ2) is 5.89. The van der Waals surface area contributed by atoms with Crippen molar-refractivity contribution in [2.75, 3.05) is 5.73 Å². The summed E-state index contributed by atoms with van der Waals surface area (Å²) in [6, 6.07) is 2.33. The minimum absolute atomic E-state index is 0.0487. The summed E-state index contributed by atoms with van der Waals surface area (Å²) in [7, 11) is 0. The molecule has 0 spiro atoms. The Morgan fingerprint density at radius 1 is 1.25 bits per heavy atom. The molecule has 9 heteroatoms. The molecule has 1 aromatic carbocycles. The van der Waals surface area contributed by atoms with E-state index in [1.807, 2.05) is 0 Å². The number of aromatic nitrogens is 2. The standard InChI is InChI=1S/C11H8Cl2N4O3/c12-8-1-7(17(18)19)2-9(13)11(8)20-5-6-3-16-10(14)4-15-6/h1-4H,5H2,(H2,14,16). The molecule has 0 aliphatic heterocycles. The SMILES string of the molecule is Nc1cnc(COc2c(Cl)cc([N+](=O)[O-])cc2Cl)cn1. The number of hydrogen-bond donors (Lipinski definition) is 1. The molecule has 0 saturated heterocycles. The van der Waals surface area contributed by atoms with E-state index in [0.29, 0.717) is 11.5 Å². The van der Waals surface area contributed by atoms with Crippen LogP contribution in [0.25, 0.3) is 0 Å². The molecule has 0 saturated carbocycles. The molecule has 0 bridgehead atoms. The van der Waals surface area contributed by atoms with E-state index in [1.54, 1.807) is 0 Å². The number of halogens is 2. The smallest absolute Gasteiger partial charge is 0.272 e. The lowest BCUT2D eigenvalue weighted by Gasteiger charge is -2.09. The Labute approximate surface area is 123 Å². The van der Waals surface area contributed by atoms with Gasteiger partial charge in [0.05, 0.1) is 33.1 Å². The first-order chi connectivity index (χ1) is 9.47. The third-order valence-electron chi connectivity index (χ3n) is 2.28. The van der Waals surface area contributed by atoms with Gasteiger partial charge < -0.3 is 10.5 Å². The average molecular weight is 315 g/mol. The van der Waals surface area contributed by atoms with Crippen LogP contribution < -0.4 is 10.5 Å². The number of nitro benzene ring substituents is 1. The number of nitrogen functional groups attached to an aromatic ring is 1. The normalized spacial score (nSPS) is 10.3. The van der Waals surface area contributed by atoms with Gasteiger partial charge in [-0.2, -0.15) is 0 Å². The van der Waals surface area contributed by atoms with Crippen molar-refractivity contribution >= 4 is 34.7 Å². The lowest BCUT2D eigenvalue weighted by molar-refractivity contribution is -0.384. The molecule has 1 aromatic heterocycles. The number of nitrogens with two attached hydrogens (primary N) is 1. The molecule has 2 rings (SSSR count). The molecule has 2 aromatic rings. The van der Waals surface area contributed by atoms with E-state index in [-0.39, 0.29) is 28.1 Å². The molecular weight excluding hydrogens is 307 g/mol. The molecular formula is C11H8Cl2N4O3. The number of nitrogens with zero attached hydrogens (tertiary/aromatic N) is 3. The van der Waals surface area contributed by atoms with Crippen molar-refractivity contribution in [2.45, 2.75) is 6.61 Å². The fourth-order valence-electron chi connectivity index (χ4n) is 1.38. The van der Waals surface area contributed by atoms with Gasteiger partial charge in [-0.3, -0.25) is 15.1 Å². The lowest BCUT2D eigenvalue weighted by Crippen LogP contribution is -2.01. The van der Waals surface area contributed by atoms with Crippen molar-refractivity contribution in [3.63, 3.8) is 0 Å². The van der Waals surface area contributed by atoms with Crippen molar-refractivity contribution in [2.24, 2.45) is 0 Å². The van der Waals surface area contributed by atoms with Crippen LogP contribution >= 0.6 is 23.2 Å². The number of benzene rings is 1. The first-order valence-electron chi connectivity index (χ1n) is 5.30. The summed E-state index contributed by atoms with van der Waals surface area (Å²) >= 11 is 11.8. The van der Waals surface area contributed by atoms with Crippen molar-refractivity contribution < 1.29 is 9.66 Å². The van der Waals surface area contributed by atoms with Crippen LogP contribution in [0.15, 0.2) is 24.5 Å². The van der Waals surface area contributed by atoms with E-state index in [0.717, 1.165) is 12.1 Å². The van der Waals surface area contributed by atoms with Gasteiger partial charge in [-0.1, -0.05) is 23.2 Å². The van der Waals surface area contributed by atoms with E-state index in [2.05, 4.69) is 9.97 Å². The minimum Gasteiger partial charge on any atom is -0.484 e. The molecule has 0 fully saturated rings. The first kappa shape index (κ1) is 14.3. The van der Waals surface area contributed by atoms with Gasteiger partial charge in [-0.05, 0) is 0 Å². The zero-order valence-corrected chi connectivity index (χ0v) is 11.4. The van der Waals surface area contributed by atoms with Crippen LogP contribution in [0.2, 0.25) is 10.0 Å². The fourth-order valence-corrected chi connectivity index (χ4v) is 1.96. The Hall–Kier alpha value is -2.12. The van der Waals surface area contributed by atoms with Crippen LogP contribution in [-0.4, -0.2) is 14.9 Å². The Morgan fingerprint density at radius 3 is 2.40 bits per heavy atom. The highest BCUT2D eigenvalue weighted by Gasteiger charge is 2.16. The Bertz CT molecular complexity index is 626. The summed E-state index contributed by atoms with van der Waals surface area (Å²) in [5, 5.41) is 10.7. The summed E-state index contributed by atoms with van der Waals surface area (Å²) in [6.07, 6.45) is 2.83. The van der Waals surface area contributed by atoms with Crippen molar-refractivity contribution in [1.29, 1.82) is 0 Å². The highest BCUT2D eigenvalue weighted by molar-refractivity contribution is 6.37. The van der Waals surface area contributed by atoms with Gasteiger partial charge in [-0.25, -0.2) is 4.98 Å². The zero-order valence-electron chi connectivity index (χ0n) is 9.92. The molecule has 0 aliphatic rings. The van der Waals surface area contributed by atoms with Gasteiger partial charge in [0.2, 0.25) is 0 Å². The summed E-state index contributed by atoms with van der Waals surface area (Å²) in [4.78, 5) is 17.9. The van der Waals surface area contributed by atoms with Crippen molar-refractivity contribution in [3.8, 4) is 5.75 Å². The number of anilines is 1. The molecule has 2 N–H and O–H groups in total. The molecule has 0 aliphatic carbocycles. The highest BCUT2D eigenvalue weighted by Crippen LogP contribution is 2.37. The third kappa shape index (κ3) is 3.25. The number of nitro groups is 1. The topological polar surface area (TPSA) is 104 Å². The van der Waals surface area contributed by atoms with Gasteiger partial charge in [0.15, 0.2) is 5.75 Å². The van der Waals surface area contributed by atoms with Crippen LogP contribution in [-0.2, 0) is 6.61 Å². The monoisotopic (exact) mass is 314 g/mol. The lowest BCUT2D eigenvalue weighted by atomic mass is 10.3. The first-order valence-corrected chi connectivity index (χ1v) is 6.05. The number of rotatable bonds is 4. The van der Waals surface area contributed by atoms with Crippen LogP contribution in [0.3, 0.4) is 0 Å². The van der Waals surface area contributed by atoms with Gasteiger partial charge >= 0.3 is 0 Å². The fraction of sp³-hybridized carbons (Fsp3) is 0.0909. The Balaban J connectivity index is 2.17. The maximum atomic E-state index is 10.6. The summed E-state index contributed by atoms with van der Waals surface area (Å²) < 4.78 is 5.40. The Kier molecular flexibility index (Phi) is 4.21. The predicted octanol–water partition coefficient (Wildman–Crippen LogP) is 2.85. The van der Waals surface area contributed by atoms with Gasteiger partial charge in [0, 0.05) is 12.1 Å². The largest absolute Gasteiger partial charge is 0.484 e. The molecule has 0 amide bonds. The quantitative estimate of drug-likeness (QED) is 0.687. The Morgan fingerprint density at radius 2 is 1.90 bits per heavy atom. The molecule has 20 heavy (non-hydrogen) atoms. The maximum Gasteiger partial charge on any atom is 0.272 e. The van der Waals surface area contributed by atoms with Crippen LogP contribution in [0.4, 0.5) is 11.5 Å². The van der Waals surface area contributed by atoms with Gasteiger partial charge in [0.1, 0.15) is 12.4 Å².